The summed E-state index contributed by atoms with van der Waals surface area (Å²) in [5, 5.41) is 3.43. The van der Waals surface area contributed by atoms with Crippen LogP contribution < -0.4 is 11.1 Å². The second-order valence-electron chi connectivity index (χ2n) is 3.70. The fourth-order valence-electron chi connectivity index (χ4n) is 1.40. The predicted molar refractivity (Wildman–Crippen MR) is 54.4 cm³/mol. The van der Waals surface area contributed by atoms with Gasteiger partial charge in [-0.15, -0.1) is 0 Å². The van der Waals surface area contributed by atoms with E-state index in [0.29, 0.717) is 0 Å². The molecular formula is C11H16N2. The van der Waals surface area contributed by atoms with E-state index in [9.17, 15) is 0 Å². The van der Waals surface area contributed by atoms with Crippen molar-refractivity contribution in [3.05, 3.63) is 35.9 Å². The molecule has 0 amide bonds. The molecule has 13 heavy (non-hydrogen) atoms. The van der Waals surface area contributed by atoms with Gasteiger partial charge in [-0.2, -0.15) is 0 Å². The third-order valence-electron chi connectivity index (χ3n) is 2.43. The van der Waals surface area contributed by atoms with Gasteiger partial charge in [-0.1, -0.05) is 30.3 Å². The van der Waals surface area contributed by atoms with Crippen LogP contribution in [0.5, 0.6) is 0 Å². The molecule has 0 radical (unpaired) electrons. The largest absolute Gasteiger partial charge is 0.323 e. The molecule has 3 N–H and O–H groups in total. The van der Waals surface area contributed by atoms with Crippen LogP contribution in [0.1, 0.15) is 24.4 Å². The lowest BCUT2D eigenvalue weighted by Crippen LogP contribution is -2.28. The molecule has 0 aromatic heterocycles. The second-order valence-corrected chi connectivity index (χ2v) is 3.70. The Hall–Kier alpha value is -0.860. The lowest BCUT2D eigenvalue weighted by Gasteiger charge is -2.12. The summed E-state index contributed by atoms with van der Waals surface area (Å²) in [5.74, 6) is 0. The highest BCUT2D eigenvalue weighted by Crippen LogP contribution is 2.19. The number of nitrogens with one attached hydrogen (secondary N) is 1. The Balaban J connectivity index is 1.85. The molecule has 0 bridgehead atoms. The van der Waals surface area contributed by atoms with Crippen LogP contribution in [0.25, 0.3) is 0 Å². The molecule has 2 nitrogen and oxygen atoms in total. The van der Waals surface area contributed by atoms with Crippen LogP contribution in [-0.2, 0) is 0 Å². The zero-order chi connectivity index (χ0) is 9.10. The predicted octanol–water partition coefficient (Wildman–Crippen LogP) is 1.44. The molecule has 1 unspecified atom stereocenters. The molecule has 1 aromatic carbocycles. The minimum absolute atomic E-state index is 0.141. The SMILES string of the molecule is NC(CNC1CC1)c1ccccc1. The summed E-state index contributed by atoms with van der Waals surface area (Å²) in [5.41, 5.74) is 7.23. The Morgan fingerprint density at radius 1 is 1.31 bits per heavy atom. The van der Waals surface area contributed by atoms with Crippen molar-refractivity contribution in [2.75, 3.05) is 6.54 Å². The van der Waals surface area contributed by atoms with Crippen LogP contribution in [0.15, 0.2) is 30.3 Å². The first-order valence-corrected chi connectivity index (χ1v) is 4.90. The van der Waals surface area contributed by atoms with Crippen molar-refractivity contribution in [2.45, 2.75) is 24.9 Å². The Labute approximate surface area is 79.1 Å². The van der Waals surface area contributed by atoms with Gasteiger partial charge >= 0.3 is 0 Å². The molecule has 0 saturated heterocycles. The van der Waals surface area contributed by atoms with Crippen LogP contribution in [-0.4, -0.2) is 12.6 Å². The molecule has 0 heterocycles. The van der Waals surface area contributed by atoms with E-state index in [2.05, 4.69) is 17.4 Å². The van der Waals surface area contributed by atoms with Crippen LogP contribution >= 0.6 is 0 Å². The molecular weight excluding hydrogens is 160 g/mol. The van der Waals surface area contributed by atoms with E-state index in [1.807, 2.05) is 18.2 Å². The normalized spacial score (nSPS) is 18.5. The van der Waals surface area contributed by atoms with Gasteiger partial charge in [0.15, 0.2) is 0 Å². The summed E-state index contributed by atoms with van der Waals surface area (Å²) in [4.78, 5) is 0. The van der Waals surface area contributed by atoms with Gasteiger partial charge in [-0.05, 0) is 18.4 Å². The van der Waals surface area contributed by atoms with Gasteiger partial charge in [-0.3, -0.25) is 0 Å². The molecule has 1 aliphatic rings. The van der Waals surface area contributed by atoms with Crippen molar-refractivity contribution in [1.29, 1.82) is 0 Å². The Kier molecular flexibility index (Phi) is 2.62. The molecule has 1 saturated carbocycles. The fourth-order valence-corrected chi connectivity index (χ4v) is 1.40. The number of hydrogen-bond acceptors (Lipinski definition) is 2. The maximum Gasteiger partial charge on any atom is 0.0421 e. The number of nitrogens with two attached hydrogens (primary N) is 1. The van der Waals surface area contributed by atoms with Crippen molar-refractivity contribution in [2.24, 2.45) is 5.73 Å². The first-order chi connectivity index (χ1) is 6.36. The highest BCUT2D eigenvalue weighted by molar-refractivity contribution is 5.18. The third-order valence-corrected chi connectivity index (χ3v) is 2.43. The first-order valence-electron chi connectivity index (χ1n) is 4.90. The van der Waals surface area contributed by atoms with E-state index in [4.69, 9.17) is 5.73 Å². The Morgan fingerprint density at radius 2 is 2.00 bits per heavy atom. The van der Waals surface area contributed by atoms with Crippen LogP contribution in [0.4, 0.5) is 0 Å². The van der Waals surface area contributed by atoms with Crippen LogP contribution in [0, 0.1) is 0 Å². The molecule has 2 rings (SSSR count). The van der Waals surface area contributed by atoms with Crippen molar-refractivity contribution in [3.63, 3.8) is 0 Å². The summed E-state index contributed by atoms with van der Waals surface area (Å²) in [6, 6.07) is 11.1. The van der Waals surface area contributed by atoms with Crippen molar-refractivity contribution >= 4 is 0 Å². The quantitative estimate of drug-likeness (QED) is 0.728. The monoisotopic (exact) mass is 176 g/mol. The first kappa shape index (κ1) is 8.73. The lowest BCUT2D eigenvalue weighted by molar-refractivity contribution is 0.595. The van der Waals surface area contributed by atoms with Crippen molar-refractivity contribution in [1.82, 2.24) is 5.32 Å². The van der Waals surface area contributed by atoms with Gasteiger partial charge in [0.2, 0.25) is 0 Å². The van der Waals surface area contributed by atoms with E-state index in [-0.39, 0.29) is 6.04 Å². The third kappa shape index (κ3) is 2.54. The summed E-state index contributed by atoms with van der Waals surface area (Å²) < 4.78 is 0. The molecule has 1 atom stereocenters. The average molecular weight is 176 g/mol. The second kappa shape index (κ2) is 3.90. The summed E-state index contributed by atoms with van der Waals surface area (Å²) in [6.07, 6.45) is 2.64. The summed E-state index contributed by atoms with van der Waals surface area (Å²) >= 11 is 0. The van der Waals surface area contributed by atoms with Crippen molar-refractivity contribution in [3.8, 4) is 0 Å². The van der Waals surface area contributed by atoms with Gasteiger partial charge in [0, 0.05) is 18.6 Å². The van der Waals surface area contributed by atoms with Crippen LogP contribution in [0.3, 0.4) is 0 Å². The molecule has 70 valence electrons. The molecule has 1 fully saturated rings. The number of hydrogen-bond donors (Lipinski definition) is 2. The molecule has 2 heteroatoms. The smallest absolute Gasteiger partial charge is 0.0421 e. The van der Waals surface area contributed by atoms with Crippen molar-refractivity contribution < 1.29 is 0 Å². The highest BCUT2D eigenvalue weighted by Gasteiger charge is 2.21. The number of benzene rings is 1. The van der Waals surface area contributed by atoms with Gasteiger partial charge in [0.1, 0.15) is 0 Å². The van der Waals surface area contributed by atoms with E-state index in [1.165, 1.54) is 18.4 Å². The maximum absolute atomic E-state index is 6.01. The summed E-state index contributed by atoms with van der Waals surface area (Å²) in [7, 11) is 0. The Bertz CT molecular complexity index is 254. The van der Waals surface area contributed by atoms with Gasteiger partial charge in [-0.25, -0.2) is 0 Å². The topological polar surface area (TPSA) is 38.0 Å². The molecule has 0 spiro atoms. The molecule has 1 aliphatic carbocycles. The minimum Gasteiger partial charge on any atom is -0.323 e. The van der Waals surface area contributed by atoms with Gasteiger partial charge in [0.05, 0.1) is 0 Å². The van der Waals surface area contributed by atoms with E-state index < -0.39 is 0 Å². The zero-order valence-corrected chi connectivity index (χ0v) is 7.74. The summed E-state index contributed by atoms with van der Waals surface area (Å²) in [6.45, 7) is 0.898. The average Bonchev–Trinajstić information content (AvgIpc) is 2.99. The van der Waals surface area contributed by atoms with Crippen LogP contribution in [0.2, 0.25) is 0 Å². The number of rotatable bonds is 4. The van der Waals surface area contributed by atoms with Gasteiger partial charge < -0.3 is 11.1 Å². The standard InChI is InChI=1S/C11H16N2/c12-11(8-13-10-6-7-10)9-4-2-1-3-5-9/h1-5,10-11,13H,6-8,12H2. The van der Waals surface area contributed by atoms with Gasteiger partial charge in [0.25, 0.3) is 0 Å². The minimum atomic E-state index is 0.141. The lowest BCUT2D eigenvalue weighted by atomic mass is 10.1. The highest BCUT2D eigenvalue weighted by atomic mass is 15.0. The van der Waals surface area contributed by atoms with E-state index >= 15 is 0 Å². The maximum atomic E-state index is 6.01. The van der Waals surface area contributed by atoms with E-state index in [1.54, 1.807) is 0 Å². The Morgan fingerprint density at radius 3 is 2.62 bits per heavy atom. The molecule has 1 aromatic rings. The van der Waals surface area contributed by atoms with E-state index in [0.717, 1.165) is 12.6 Å². The zero-order valence-electron chi connectivity index (χ0n) is 7.74. The molecule has 0 aliphatic heterocycles. The fraction of sp³-hybridized carbons (Fsp3) is 0.455.